The molecule has 2 rings (SSSR count). The van der Waals surface area contributed by atoms with Crippen LogP contribution in [0.1, 0.15) is 31.2 Å². The molecule has 1 fully saturated rings. The van der Waals surface area contributed by atoms with Gasteiger partial charge in [0.1, 0.15) is 11.8 Å². The molecule has 5 heteroatoms. The highest BCUT2D eigenvalue weighted by molar-refractivity contribution is 5.94. The zero-order valence-electron chi connectivity index (χ0n) is 12.7. The summed E-state index contributed by atoms with van der Waals surface area (Å²) in [4.78, 5) is 23.9. The maximum atomic E-state index is 12.6. The van der Waals surface area contributed by atoms with E-state index in [1.165, 1.54) is 0 Å². The number of carbonyl (C=O) groups is 2. The van der Waals surface area contributed by atoms with Gasteiger partial charge in [0.05, 0.1) is 12.5 Å². The predicted octanol–water partition coefficient (Wildman–Crippen LogP) is 2.26. The number of rotatable bonds is 8. The number of methoxy groups -OCH3 is 1. The second-order valence-corrected chi connectivity index (χ2v) is 5.51. The van der Waals surface area contributed by atoms with Gasteiger partial charge in [-0.15, -0.1) is 6.58 Å². The van der Waals surface area contributed by atoms with Gasteiger partial charge < -0.3 is 15.2 Å². The number of carboxylic acid groups (broad SMARTS) is 1. The van der Waals surface area contributed by atoms with E-state index < -0.39 is 17.4 Å². The van der Waals surface area contributed by atoms with Gasteiger partial charge in [0, 0.05) is 5.56 Å². The summed E-state index contributed by atoms with van der Waals surface area (Å²) >= 11 is 0. The number of nitrogens with one attached hydrogen (secondary N) is 1. The number of carbonyl (C=O) groups excluding carboxylic acids is 1. The predicted molar refractivity (Wildman–Crippen MR) is 82.9 cm³/mol. The molecule has 0 aliphatic heterocycles. The Bertz CT molecular complexity index is 578. The Kier molecular flexibility index (Phi) is 4.85. The van der Waals surface area contributed by atoms with Crippen molar-refractivity contribution in [3.63, 3.8) is 0 Å². The lowest BCUT2D eigenvalue weighted by molar-refractivity contribution is -0.142. The first-order valence-corrected chi connectivity index (χ1v) is 7.33. The summed E-state index contributed by atoms with van der Waals surface area (Å²) in [6.45, 7) is 3.58. The van der Waals surface area contributed by atoms with E-state index in [2.05, 4.69) is 11.9 Å². The lowest BCUT2D eigenvalue weighted by Gasteiger charge is -2.21. The molecular formula is C17H21NO4. The average molecular weight is 303 g/mol. The molecule has 0 heterocycles. The third-order valence-electron chi connectivity index (χ3n) is 4.07. The molecule has 0 aromatic heterocycles. The van der Waals surface area contributed by atoms with Crippen LogP contribution >= 0.6 is 0 Å². The summed E-state index contributed by atoms with van der Waals surface area (Å²) in [5, 5.41) is 11.9. The molecular weight excluding hydrogens is 282 g/mol. The molecule has 1 aliphatic carbocycles. The van der Waals surface area contributed by atoms with Crippen LogP contribution in [0.15, 0.2) is 36.9 Å². The highest BCUT2D eigenvalue weighted by Crippen LogP contribution is 2.51. The van der Waals surface area contributed by atoms with Crippen molar-refractivity contribution in [2.45, 2.75) is 37.1 Å². The molecule has 1 saturated carbocycles. The van der Waals surface area contributed by atoms with Crippen molar-refractivity contribution >= 4 is 11.9 Å². The summed E-state index contributed by atoms with van der Waals surface area (Å²) in [6.07, 6.45) is 3.93. The Morgan fingerprint density at radius 3 is 2.68 bits per heavy atom. The van der Waals surface area contributed by atoms with E-state index in [1.54, 1.807) is 13.2 Å². The highest BCUT2D eigenvalue weighted by atomic mass is 16.5. The first-order chi connectivity index (χ1) is 10.5. The van der Waals surface area contributed by atoms with Gasteiger partial charge in [0.25, 0.3) is 0 Å². The van der Waals surface area contributed by atoms with Gasteiger partial charge in [-0.1, -0.05) is 24.3 Å². The Hall–Kier alpha value is -2.30. The minimum absolute atomic E-state index is 0.242. The standard InChI is InChI=1S/C17H21NO4/c1-3-4-8-13(15(19)20)18-16(21)17(10-11-17)12-7-5-6-9-14(12)22-2/h3,5-7,9,13H,1,4,8,10-11H2,2H3,(H,18,21)(H,19,20). The maximum Gasteiger partial charge on any atom is 0.326 e. The Balaban J connectivity index is 2.17. The van der Waals surface area contributed by atoms with Crippen molar-refractivity contribution in [1.82, 2.24) is 5.32 Å². The Labute approximate surface area is 130 Å². The molecule has 0 saturated heterocycles. The number of hydrogen-bond acceptors (Lipinski definition) is 3. The summed E-state index contributed by atoms with van der Waals surface area (Å²) in [5.41, 5.74) is 0.164. The van der Waals surface area contributed by atoms with Crippen LogP contribution in [0.4, 0.5) is 0 Å². The Morgan fingerprint density at radius 2 is 2.14 bits per heavy atom. The number of aliphatic carboxylic acids is 1. The third-order valence-corrected chi connectivity index (χ3v) is 4.07. The monoisotopic (exact) mass is 303 g/mol. The number of hydrogen-bond donors (Lipinski definition) is 2. The second-order valence-electron chi connectivity index (χ2n) is 5.51. The van der Waals surface area contributed by atoms with Gasteiger partial charge in [-0.2, -0.15) is 0 Å². The van der Waals surface area contributed by atoms with Gasteiger partial charge in [0.15, 0.2) is 0 Å². The fourth-order valence-electron chi connectivity index (χ4n) is 2.62. The van der Waals surface area contributed by atoms with E-state index in [9.17, 15) is 14.7 Å². The first kappa shape index (κ1) is 16.1. The number of benzene rings is 1. The topological polar surface area (TPSA) is 75.6 Å². The summed E-state index contributed by atoms with van der Waals surface area (Å²) in [5.74, 6) is -0.604. The van der Waals surface area contributed by atoms with Crippen molar-refractivity contribution in [3.05, 3.63) is 42.5 Å². The van der Waals surface area contributed by atoms with Gasteiger partial charge in [-0.3, -0.25) is 4.79 Å². The molecule has 5 nitrogen and oxygen atoms in total. The van der Waals surface area contributed by atoms with Gasteiger partial charge in [-0.05, 0) is 31.7 Å². The molecule has 22 heavy (non-hydrogen) atoms. The number of carboxylic acids is 1. The van der Waals surface area contributed by atoms with Crippen LogP contribution < -0.4 is 10.1 Å². The van der Waals surface area contributed by atoms with E-state index in [4.69, 9.17) is 4.74 Å². The smallest absolute Gasteiger partial charge is 0.326 e. The van der Waals surface area contributed by atoms with Crippen LogP contribution in [0.25, 0.3) is 0 Å². The molecule has 1 amide bonds. The summed E-state index contributed by atoms with van der Waals surface area (Å²) in [7, 11) is 1.57. The molecule has 0 radical (unpaired) electrons. The van der Waals surface area contributed by atoms with Gasteiger partial charge >= 0.3 is 5.97 Å². The van der Waals surface area contributed by atoms with Crippen molar-refractivity contribution < 1.29 is 19.4 Å². The van der Waals surface area contributed by atoms with Crippen LogP contribution in [0, 0.1) is 0 Å². The molecule has 1 atom stereocenters. The quantitative estimate of drug-likeness (QED) is 0.722. The van der Waals surface area contributed by atoms with Crippen LogP contribution in [-0.2, 0) is 15.0 Å². The Morgan fingerprint density at radius 1 is 1.45 bits per heavy atom. The number of para-hydroxylation sites is 1. The molecule has 1 aromatic rings. The maximum absolute atomic E-state index is 12.6. The number of amides is 1. The average Bonchev–Trinajstić information content (AvgIpc) is 3.32. The molecule has 1 unspecified atom stereocenters. The number of ether oxygens (including phenoxy) is 1. The third kappa shape index (κ3) is 3.13. The van der Waals surface area contributed by atoms with Crippen LogP contribution in [0.5, 0.6) is 5.75 Å². The fourth-order valence-corrected chi connectivity index (χ4v) is 2.62. The van der Waals surface area contributed by atoms with E-state index in [1.807, 2.05) is 24.3 Å². The minimum Gasteiger partial charge on any atom is -0.496 e. The summed E-state index contributed by atoms with van der Waals surface area (Å²) in [6, 6.07) is 6.50. The fraction of sp³-hybridized carbons (Fsp3) is 0.412. The van der Waals surface area contributed by atoms with Gasteiger partial charge in [-0.25, -0.2) is 4.79 Å². The zero-order valence-corrected chi connectivity index (χ0v) is 12.7. The summed E-state index contributed by atoms with van der Waals surface area (Å²) < 4.78 is 5.33. The molecule has 0 spiro atoms. The van der Waals surface area contributed by atoms with Crippen molar-refractivity contribution in [2.75, 3.05) is 7.11 Å². The van der Waals surface area contributed by atoms with Crippen molar-refractivity contribution in [1.29, 1.82) is 0 Å². The minimum atomic E-state index is -1.02. The molecule has 1 aromatic carbocycles. The van der Waals surface area contributed by atoms with Crippen molar-refractivity contribution in [2.24, 2.45) is 0 Å². The SMILES string of the molecule is C=CCCC(NC(=O)C1(c2ccccc2OC)CC1)C(=O)O. The lowest BCUT2D eigenvalue weighted by Crippen LogP contribution is -2.45. The van der Waals surface area contributed by atoms with Gasteiger partial charge in [0.2, 0.25) is 5.91 Å². The second kappa shape index (κ2) is 6.64. The van der Waals surface area contributed by atoms with Crippen LogP contribution in [-0.4, -0.2) is 30.1 Å². The number of allylic oxidation sites excluding steroid dienone is 1. The lowest BCUT2D eigenvalue weighted by atomic mass is 9.93. The zero-order chi connectivity index (χ0) is 16.2. The van der Waals surface area contributed by atoms with Crippen LogP contribution in [0.2, 0.25) is 0 Å². The first-order valence-electron chi connectivity index (χ1n) is 7.33. The van der Waals surface area contributed by atoms with E-state index in [0.717, 1.165) is 5.56 Å². The molecule has 118 valence electrons. The van der Waals surface area contributed by atoms with E-state index in [-0.39, 0.29) is 5.91 Å². The highest BCUT2D eigenvalue weighted by Gasteiger charge is 2.53. The van der Waals surface area contributed by atoms with E-state index >= 15 is 0 Å². The molecule has 2 N–H and O–H groups in total. The normalized spacial score (nSPS) is 16.4. The van der Waals surface area contributed by atoms with Crippen LogP contribution in [0.3, 0.4) is 0 Å². The van der Waals surface area contributed by atoms with E-state index in [0.29, 0.717) is 31.4 Å². The molecule has 1 aliphatic rings. The van der Waals surface area contributed by atoms with Crippen molar-refractivity contribution in [3.8, 4) is 5.75 Å². The largest absolute Gasteiger partial charge is 0.496 e. The molecule has 0 bridgehead atoms.